The molecule has 1 aliphatic rings. The quantitative estimate of drug-likeness (QED) is 0.646. The molecule has 0 saturated heterocycles. The van der Waals surface area contributed by atoms with Crippen LogP contribution in [0, 0.1) is 23.0 Å². The Labute approximate surface area is 100 Å². The highest BCUT2D eigenvalue weighted by atomic mass is 16.6. The van der Waals surface area contributed by atoms with Crippen LogP contribution in [-0.4, -0.2) is 15.9 Å². The van der Waals surface area contributed by atoms with Gasteiger partial charge in [0.2, 0.25) is 0 Å². The topological polar surface area (TPSA) is 68.1 Å². The molecule has 1 N–H and O–H groups in total. The summed E-state index contributed by atoms with van der Waals surface area (Å²) in [6, 6.07) is 2.20. The summed E-state index contributed by atoms with van der Waals surface area (Å²) in [6.45, 7) is 3.96. The first kappa shape index (κ1) is 11.8. The van der Waals surface area contributed by atoms with Crippen LogP contribution in [-0.2, 0) is 0 Å². The van der Waals surface area contributed by atoms with Gasteiger partial charge in [-0.1, -0.05) is 13.3 Å². The van der Waals surface area contributed by atoms with Gasteiger partial charge in [0.05, 0.1) is 4.92 Å². The molecule has 1 saturated carbocycles. The van der Waals surface area contributed by atoms with E-state index in [1.807, 2.05) is 0 Å². The molecule has 0 bridgehead atoms. The summed E-state index contributed by atoms with van der Waals surface area (Å²) in [5, 5.41) is 14.0. The smallest absolute Gasteiger partial charge is 0.290 e. The highest BCUT2D eigenvalue weighted by Gasteiger charge is 2.23. The summed E-state index contributed by atoms with van der Waals surface area (Å²) in [5.41, 5.74) is 0.730. The maximum atomic E-state index is 10.7. The van der Waals surface area contributed by atoms with Gasteiger partial charge in [0, 0.05) is 11.6 Å². The number of aryl methyl sites for hydroxylation is 1. The molecule has 2 atom stereocenters. The molecule has 17 heavy (non-hydrogen) atoms. The van der Waals surface area contributed by atoms with Crippen molar-refractivity contribution in [3.8, 4) is 0 Å². The Morgan fingerprint density at radius 3 is 2.82 bits per heavy atom. The second kappa shape index (κ2) is 4.69. The molecular formula is C12H17N3O2. The Kier molecular flexibility index (Phi) is 3.26. The molecule has 2 unspecified atom stereocenters. The van der Waals surface area contributed by atoms with Gasteiger partial charge in [-0.3, -0.25) is 10.1 Å². The van der Waals surface area contributed by atoms with E-state index < -0.39 is 4.92 Å². The maximum Gasteiger partial charge on any atom is 0.290 e. The highest BCUT2D eigenvalue weighted by Crippen LogP contribution is 2.28. The predicted molar refractivity (Wildman–Crippen MR) is 66.1 cm³/mol. The molecule has 1 aromatic heterocycles. The van der Waals surface area contributed by atoms with Crippen LogP contribution in [0.3, 0.4) is 0 Å². The fourth-order valence-electron chi connectivity index (χ4n) is 2.37. The summed E-state index contributed by atoms with van der Waals surface area (Å²) >= 11 is 0. The standard InChI is InChI=1S/C12H17N3O2/c1-8-4-3-5-10(8)14-12-6-9(2)11(7-13-12)15(16)17/h6-8,10H,3-5H2,1-2H3,(H,13,14). The first-order valence-corrected chi connectivity index (χ1v) is 5.95. The van der Waals surface area contributed by atoms with Gasteiger partial charge >= 0.3 is 0 Å². The van der Waals surface area contributed by atoms with E-state index in [2.05, 4.69) is 17.2 Å². The number of nitrogens with one attached hydrogen (secondary N) is 1. The van der Waals surface area contributed by atoms with Gasteiger partial charge in [0.1, 0.15) is 12.0 Å². The Morgan fingerprint density at radius 2 is 2.29 bits per heavy atom. The highest BCUT2D eigenvalue weighted by molar-refractivity contribution is 5.47. The largest absolute Gasteiger partial charge is 0.367 e. The van der Waals surface area contributed by atoms with E-state index in [9.17, 15) is 10.1 Å². The van der Waals surface area contributed by atoms with Crippen molar-refractivity contribution in [3.05, 3.63) is 27.9 Å². The van der Waals surface area contributed by atoms with Gasteiger partial charge in [-0.15, -0.1) is 0 Å². The lowest BCUT2D eigenvalue weighted by molar-refractivity contribution is -0.385. The lowest BCUT2D eigenvalue weighted by Crippen LogP contribution is -2.22. The molecule has 5 heteroatoms. The van der Waals surface area contributed by atoms with Crippen molar-refractivity contribution < 1.29 is 4.92 Å². The molecule has 0 aromatic carbocycles. The first-order valence-electron chi connectivity index (χ1n) is 5.95. The van der Waals surface area contributed by atoms with E-state index in [1.165, 1.54) is 19.0 Å². The number of pyridine rings is 1. The van der Waals surface area contributed by atoms with Crippen LogP contribution in [0.2, 0.25) is 0 Å². The summed E-state index contributed by atoms with van der Waals surface area (Å²) in [4.78, 5) is 14.4. The third-order valence-corrected chi connectivity index (χ3v) is 3.47. The summed E-state index contributed by atoms with van der Waals surface area (Å²) in [6.07, 6.45) is 4.96. The van der Waals surface area contributed by atoms with Gasteiger partial charge < -0.3 is 5.32 Å². The fourth-order valence-corrected chi connectivity index (χ4v) is 2.37. The second-order valence-electron chi connectivity index (χ2n) is 4.77. The van der Waals surface area contributed by atoms with Crippen molar-refractivity contribution in [2.75, 3.05) is 5.32 Å². The Hall–Kier alpha value is -1.65. The lowest BCUT2D eigenvalue weighted by atomic mass is 10.1. The molecule has 2 rings (SSSR count). The van der Waals surface area contributed by atoms with Gasteiger partial charge in [-0.05, 0) is 31.7 Å². The van der Waals surface area contributed by atoms with Crippen LogP contribution in [0.15, 0.2) is 12.3 Å². The van der Waals surface area contributed by atoms with Crippen LogP contribution in [0.1, 0.15) is 31.7 Å². The van der Waals surface area contributed by atoms with E-state index in [-0.39, 0.29) is 5.69 Å². The minimum absolute atomic E-state index is 0.0787. The number of rotatable bonds is 3. The molecule has 1 aromatic rings. The van der Waals surface area contributed by atoms with Crippen LogP contribution < -0.4 is 5.32 Å². The molecule has 0 amide bonds. The van der Waals surface area contributed by atoms with Crippen molar-refractivity contribution in [2.24, 2.45) is 5.92 Å². The first-order chi connectivity index (χ1) is 8.08. The monoisotopic (exact) mass is 235 g/mol. The zero-order chi connectivity index (χ0) is 12.4. The Morgan fingerprint density at radius 1 is 1.53 bits per heavy atom. The van der Waals surface area contributed by atoms with E-state index in [4.69, 9.17) is 0 Å². The third kappa shape index (κ3) is 2.54. The molecule has 0 radical (unpaired) electrons. The third-order valence-electron chi connectivity index (χ3n) is 3.47. The number of hydrogen-bond donors (Lipinski definition) is 1. The molecule has 1 fully saturated rings. The van der Waals surface area contributed by atoms with Gasteiger partial charge in [0.25, 0.3) is 5.69 Å². The van der Waals surface area contributed by atoms with Crippen LogP contribution in [0.4, 0.5) is 11.5 Å². The lowest BCUT2D eigenvalue weighted by Gasteiger charge is -2.17. The Balaban J connectivity index is 2.12. The van der Waals surface area contributed by atoms with Crippen molar-refractivity contribution in [3.63, 3.8) is 0 Å². The zero-order valence-electron chi connectivity index (χ0n) is 10.1. The molecule has 0 spiro atoms. The number of anilines is 1. The minimum atomic E-state index is -0.399. The number of nitrogens with zero attached hydrogens (tertiary/aromatic N) is 2. The van der Waals surface area contributed by atoms with Crippen LogP contribution in [0.25, 0.3) is 0 Å². The summed E-state index contributed by atoms with van der Waals surface area (Å²) in [7, 11) is 0. The SMILES string of the molecule is Cc1cc(NC2CCCC2C)ncc1[N+](=O)[O-]. The van der Waals surface area contributed by atoms with Gasteiger partial charge in [0.15, 0.2) is 0 Å². The summed E-state index contributed by atoms with van der Waals surface area (Å²) in [5.74, 6) is 1.39. The minimum Gasteiger partial charge on any atom is -0.367 e. The van der Waals surface area contributed by atoms with Crippen molar-refractivity contribution >= 4 is 11.5 Å². The molecule has 92 valence electrons. The molecule has 0 aliphatic heterocycles. The van der Waals surface area contributed by atoms with E-state index in [0.29, 0.717) is 17.5 Å². The molecule has 1 heterocycles. The number of hydrogen-bond acceptors (Lipinski definition) is 4. The Bertz CT molecular complexity index is 434. The zero-order valence-corrected chi connectivity index (χ0v) is 10.1. The van der Waals surface area contributed by atoms with Crippen LogP contribution >= 0.6 is 0 Å². The summed E-state index contributed by atoms with van der Waals surface area (Å²) < 4.78 is 0. The van der Waals surface area contributed by atoms with Crippen LogP contribution in [0.5, 0.6) is 0 Å². The van der Waals surface area contributed by atoms with Crippen molar-refractivity contribution in [1.82, 2.24) is 4.98 Å². The van der Waals surface area contributed by atoms with E-state index in [1.54, 1.807) is 13.0 Å². The molecule has 5 nitrogen and oxygen atoms in total. The second-order valence-corrected chi connectivity index (χ2v) is 4.77. The van der Waals surface area contributed by atoms with E-state index in [0.717, 1.165) is 12.2 Å². The average molecular weight is 235 g/mol. The van der Waals surface area contributed by atoms with Crippen molar-refractivity contribution in [1.29, 1.82) is 0 Å². The molecule has 1 aliphatic carbocycles. The van der Waals surface area contributed by atoms with Crippen molar-refractivity contribution in [2.45, 2.75) is 39.2 Å². The maximum absolute atomic E-state index is 10.7. The van der Waals surface area contributed by atoms with Gasteiger partial charge in [-0.25, -0.2) is 4.98 Å². The number of aromatic nitrogens is 1. The van der Waals surface area contributed by atoms with Gasteiger partial charge in [-0.2, -0.15) is 0 Å². The average Bonchev–Trinajstić information content (AvgIpc) is 2.64. The van der Waals surface area contributed by atoms with E-state index >= 15 is 0 Å². The number of nitro groups is 1. The molecular weight excluding hydrogens is 218 g/mol. The fraction of sp³-hybridized carbons (Fsp3) is 0.583. The predicted octanol–water partition coefficient (Wildman–Crippen LogP) is 2.90. The normalized spacial score (nSPS) is 23.6.